The van der Waals surface area contributed by atoms with Crippen molar-refractivity contribution in [2.24, 2.45) is 0 Å². The molecule has 0 amide bonds. The summed E-state index contributed by atoms with van der Waals surface area (Å²) in [7, 11) is 0. The van der Waals surface area contributed by atoms with Gasteiger partial charge in [0.25, 0.3) is 0 Å². The number of hydrogen-bond acceptors (Lipinski definition) is 2. The molecule has 0 N–H and O–H groups in total. The Morgan fingerprint density at radius 3 is 2.43 bits per heavy atom. The second kappa shape index (κ2) is 1.70. The van der Waals surface area contributed by atoms with Gasteiger partial charge in [-0.15, -0.1) is 12.6 Å². The molecule has 1 nitrogen and oxygen atoms in total. The fourth-order valence-electron chi connectivity index (χ4n) is 0.581. The van der Waals surface area contributed by atoms with Crippen molar-refractivity contribution in [1.29, 1.82) is 0 Å². The number of carbonyl (C=O) groups excluding carboxylic acids is 1. The lowest BCUT2D eigenvalue weighted by Gasteiger charge is -1.77. The van der Waals surface area contributed by atoms with Gasteiger partial charge in [0.2, 0.25) is 0 Å². The molecule has 0 atom stereocenters. The third-order valence-electron chi connectivity index (χ3n) is 0.955. The Hall–Kier alpha value is -0.240. The zero-order chi connectivity index (χ0) is 5.28. The summed E-state index contributed by atoms with van der Waals surface area (Å²) in [5.74, 6) is 0.213. The molecule has 2 heteroatoms. The monoisotopic (exact) mass is 114 g/mol. The molecule has 0 bridgehead atoms. The lowest BCUT2D eigenvalue weighted by molar-refractivity contribution is -0.114. The van der Waals surface area contributed by atoms with Crippen molar-refractivity contribution in [3.63, 3.8) is 0 Å². The van der Waals surface area contributed by atoms with E-state index in [1.54, 1.807) is 6.08 Å². The van der Waals surface area contributed by atoms with Crippen molar-refractivity contribution < 1.29 is 4.79 Å². The molecule has 0 aromatic carbocycles. The summed E-state index contributed by atoms with van der Waals surface area (Å²) in [4.78, 5) is 11.2. The van der Waals surface area contributed by atoms with Crippen LogP contribution >= 0.6 is 12.6 Å². The highest BCUT2D eigenvalue weighted by Crippen LogP contribution is 2.16. The molecule has 0 fully saturated rings. The van der Waals surface area contributed by atoms with Gasteiger partial charge in [-0.25, -0.2) is 0 Å². The van der Waals surface area contributed by atoms with Crippen molar-refractivity contribution in [2.75, 3.05) is 0 Å². The van der Waals surface area contributed by atoms with E-state index in [1.165, 1.54) is 0 Å². The van der Waals surface area contributed by atoms with Gasteiger partial charge in [0.15, 0.2) is 5.78 Å². The van der Waals surface area contributed by atoms with Gasteiger partial charge < -0.3 is 0 Å². The SMILES string of the molecule is O=C1C=C(S)CC1. The van der Waals surface area contributed by atoms with Gasteiger partial charge in [-0.05, 0) is 17.4 Å². The summed E-state index contributed by atoms with van der Waals surface area (Å²) < 4.78 is 0. The highest BCUT2D eigenvalue weighted by atomic mass is 32.1. The number of rotatable bonds is 0. The molecule has 0 aromatic heterocycles. The number of allylic oxidation sites excluding steroid dienone is 2. The Kier molecular flexibility index (Phi) is 1.19. The smallest absolute Gasteiger partial charge is 0.156 e. The van der Waals surface area contributed by atoms with E-state index >= 15 is 0 Å². The van der Waals surface area contributed by atoms with E-state index in [2.05, 4.69) is 12.6 Å². The largest absolute Gasteiger partial charge is 0.295 e. The fraction of sp³-hybridized carbons (Fsp3) is 0.400. The molecule has 0 aromatic rings. The van der Waals surface area contributed by atoms with Crippen LogP contribution in [0.25, 0.3) is 0 Å². The van der Waals surface area contributed by atoms with Crippen LogP contribution in [0.2, 0.25) is 0 Å². The predicted octanol–water partition coefficient (Wildman–Crippen LogP) is 1.16. The van der Waals surface area contributed by atoms with Gasteiger partial charge in [0, 0.05) is 6.42 Å². The summed E-state index contributed by atoms with van der Waals surface area (Å²) in [6.07, 6.45) is 3.10. The van der Waals surface area contributed by atoms with Crippen LogP contribution in [0, 0.1) is 0 Å². The molecule has 0 heterocycles. The number of carbonyl (C=O) groups is 1. The first kappa shape index (κ1) is 4.91. The minimum absolute atomic E-state index is 0.213. The van der Waals surface area contributed by atoms with Crippen LogP contribution < -0.4 is 0 Å². The van der Waals surface area contributed by atoms with E-state index in [0.717, 1.165) is 11.3 Å². The Morgan fingerprint density at radius 1 is 1.57 bits per heavy atom. The molecular weight excluding hydrogens is 108 g/mol. The minimum Gasteiger partial charge on any atom is -0.295 e. The van der Waals surface area contributed by atoms with Crippen LogP contribution in [0.5, 0.6) is 0 Å². The van der Waals surface area contributed by atoms with Crippen molar-refractivity contribution in [3.8, 4) is 0 Å². The van der Waals surface area contributed by atoms with E-state index < -0.39 is 0 Å². The third kappa shape index (κ3) is 1.06. The van der Waals surface area contributed by atoms with Crippen molar-refractivity contribution in [3.05, 3.63) is 11.0 Å². The van der Waals surface area contributed by atoms with Gasteiger partial charge in [0.05, 0.1) is 0 Å². The molecule has 1 aliphatic rings. The van der Waals surface area contributed by atoms with E-state index in [0.29, 0.717) is 6.42 Å². The van der Waals surface area contributed by atoms with Crippen molar-refractivity contribution >= 4 is 18.4 Å². The van der Waals surface area contributed by atoms with E-state index in [9.17, 15) is 4.79 Å². The summed E-state index contributed by atoms with van der Waals surface area (Å²) >= 11 is 3.99. The maximum absolute atomic E-state index is 10.3. The first-order valence-corrected chi connectivity index (χ1v) is 2.66. The van der Waals surface area contributed by atoms with Gasteiger partial charge in [0.1, 0.15) is 0 Å². The minimum atomic E-state index is 0.213. The summed E-state index contributed by atoms with van der Waals surface area (Å²) in [5, 5.41) is 0. The maximum Gasteiger partial charge on any atom is 0.156 e. The standard InChI is InChI=1S/C5H6OS/c6-4-1-2-5(7)3-4/h3,7H,1-2H2. The van der Waals surface area contributed by atoms with Gasteiger partial charge >= 0.3 is 0 Å². The lowest BCUT2D eigenvalue weighted by atomic mass is 10.3. The molecule has 1 aliphatic carbocycles. The van der Waals surface area contributed by atoms with Crippen LogP contribution in [0.1, 0.15) is 12.8 Å². The summed E-state index contributed by atoms with van der Waals surface area (Å²) in [6.45, 7) is 0. The van der Waals surface area contributed by atoms with E-state index in [-0.39, 0.29) is 5.78 Å². The average molecular weight is 114 g/mol. The van der Waals surface area contributed by atoms with Gasteiger partial charge in [-0.3, -0.25) is 4.79 Å². The lowest BCUT2D eigenvalue weighted by Crippen LogP contribution is -1.80. The second-order valence-electron chi connectivity index (χ2n) is 1.60. The Morgan fingerprint density at radius 2 is 2.29 bits per heavy atom. The van der Waals surface area contributed by atoms with Crippen LogP contribution in [0.15, 0.2) is 11.0 Å². The van der Waals surface area contributed by atoms with Crippen molar-refractivity contribution in [2.45, 2.75) is 12.8 Å². The predicted molar refractivity (Wildman–Crippen MR) is 31.3 cm³/mol. The average Bonchev–Trinajstić information content (AvgIpc) is 1.87. The fourth-order valence-corrected chi connectivity index (χ4v) is 0.837. The Bertz CT molecular complexity index is 126. The molecule has 0 saturated carbocycles. The first-order chi connectivity index (χ1) is 3.29. The molecule has 38 valence electrons. The quantitative estimate of drug-likeness (QED) is 0.468. The first-order valence-electron chi connectivity index (χ1n) is 2.21. The maximum atomic E-state index is 10.3. The van der Waals surface area contributed by atoms with Crippen LogP contribution in [-0.4, -0.2) is 5.78 Å². The normalized spacial score (nSPS) is 20.1. The number of ketones is 1. The zero-order valence-corrected chi connectivity index (χ0v) is 4.74. The zero-order valence-electron chi connectivity index (χ0n) is 3.85. The van der Waals surface area contributed by atoms with Gasteiger partial charge in [-0.1, -0.05) is 0 Å². The summed E-state index contributed by atoms with van der Waals surface area (Å²) in [5.41, 5.74) is 0. The molecule has 0 radical (unpaired) electrons. The Balaban J connectivity index is 2.67. The third-order valence-corrected chi connectivity index (χ3v) is 1.31. The van der Waals surface area contributed by atoms with Gasteiger partial charge in [-0.2, -0.15) is 0 Å². The second-order valence-corrected chi connectivity index (χ2v) is 2.18. The van der Waals surface area contributed by atoms with E-state index in [4.69, 9.17) is 0 Å². The van der Waals surface area contributed by atoms with Crippen LogP contribution in [0.3, 0.4) is 0 Å². The summed E-state index contributed by atoms with van der Waals surface area (Å²) in [6, 6.07) is 0. The molecule has 1 rings (SSSR count). The topological polar surface area (TPSA) is 17.1 Å². The molecule has 7 heavy (non-hydrogen) atoms. The van der Waals surface area contributed by atoms with E-state index in [1.807, 2.05) is 0 Å². The Labute approximate surface area is 47.8 Å². The highest BCUT2D eigenvalue weighted by Gasteiger charge is 2.06. The number of thiol groups is 1. The van der Waals surface area contributed by atoms with Crippen LogP contribution in [0.4, 0.5) is 0 Å². The van der Waals surface area contributed by atoms with Crippen LogP contribution in [-0.2, 0) is 4.79 Å². The molecule has 0 saturated heterocycles. The molecular formula is C5H6OS. The molecule has 0 aliphatic heterocycles. The molecule has 0 unspecified atom stereocenters. The molecule has 0 spiro atoms. The highest BCUT2D eigenvalue weighted by molar-refractivity contribution is 7.84. The number of hydrogen-bond donors (Lipinski definition) is 1. The van der Waals surface area contributed by atoms with Crippen molar-refractivity contribution in [1.82, 2.24) is 0 Å².